The van der Waals surface area contributed by atoms with E-state index in [0.717, 1.165) is 11.1 Å². The molecule has 110 valence electrons. The molecule has 0 saturated heterocycles. The van der Waals surface area contributed by atoms with Gasteiger partial charge in [0.25, 0.3) is 0 Å². The van der Waals surface area contributed by atoms with Gasteiger partial charge in [0.05, 0.1) is 12.0 Å². The first-order valence-corrected chi connectivity index (χ1v) is 6.74. The fourth-order valence-corrected chi connectivity index (χ4v) is 1.75. The molecule has 5 nitrogen and oxygen atoms in total. The number of hydrogen-bond acceptors (Lipinski definition) is 3. The van der Waals surface area contributed by atoms with Crippen LogP contribution in [0.4, 0.5) is 4.79 Å². The molecule has 0 aliphatic carbocycles. The lowest BCUT2D eigenvalue weighted by Crippen LogP contribution is -2.53. The number of nitrogens with one attached hydrogen (secondary N) is 2. The molecule has 20 heavy (non-hydrogen) atoms. The number of urea groups is 1. The molecule has 1 aromatic carbocycles. The monoisotopic (exact) mass is 277 g/mol. The highest BCUT2D eigenvalue weighted by molar-refractivity contribution is 5.81. The summed E-state index contributed by atoms with van der Waals surface area (Å²) in [7, 11) is 0. The Bertz CT molecular complexity index is 457. The fourth-order valence-electron chi connectivity index (χ4n) is 1.75. The van der Waals surface area contributed by atoms with E-state index in [0.29, 0.717) is 13.0 Å². The second-order valence-electron chi connectivity index (χ2n) is 4.99. The van der Waals surface area contributed by atoms with Crippen LogP contribution in [0.2, 0.25) is 0 Å². The van der Waals surface area contributed by atoms with E-state index in [-0.39, 0.29) is 5.92 Å². The van der Waals surface area contributed by atoms with Crippen molar-refractivity contribution in [2.45, 2.75) is 39.8 Å². The quantitative estimate of drug-likeness (QED) is 0.812. The number of carboxylic acid groups (broad SMARTS) is 1. The van der Waals surface area contributed by atoms with Gasteiger partial charge < -0.3 is 20.5 Å². The summed E-state index contributed by atoms with van der Waals surface area (Å²) >= 11 is 0. The number of hydrogen-bond donors (Lipinski definition) is 2. The van der Waals surface area contributed by atoms with E-state index in [4.69, 9.17) is 0 Å². The van der Waals surface area contributed by atoms with Gasteiger partial charge in [-0.3, -0.25) is 0 Å². The largest absolute Gasteiger partial charge is 0.548 e. The van der Waals surface area contributed by atoms with E-state index in [9.17, 15) is 14.7 Å². The van der Waals surface area contributed by atoms with Crippen LogP contribution in [0.1, 0.15) is 31.4 Å². The molecule has 5 heteroatoms. The molecular weight excluding hydrogens is 256 g/mol. The standard InChI is InChI=1S/C15H22N2O3/c1-4-11(3)13(14(18)19)17-15(20)16-9-12-7-5-10(2)6-8-12/h5-8,11,13H,4,9H2,1-3H3,(H,18,19)(H2,16,17,20)/p-1/t11-,13+/m1/s1. The summed E-state index contributed by atoms with van der Waals surface area (Å²) in [4.78, 5) is 22.7. The Balaban J connectivity index is 2.49. The predicted octanol–water partition coefficient (Wildman–Crippen LogP) is 0.959. The Morgan fingerprint density at radius 2 is 1.85 bits per heavy atom. The number of benzene rings is 1. The lowest BCUT2D eigenvalue weighted by Gasteiger charge is -2.25. The minimum Gasteiger partial charge on any atom is -0.548 e. The molecular formula is C15H21N2O3-. The Morgan fingerprint density at radius 1 is 1.25 bits per heavy atom. The molecule has 2 atom stereocenters. The molecule has 0 aromatic heterocycles. The second-order valence-corrected chi connectivity index (χ2v) is 4.99. The number of carbonyl (C=O) groups excluding carboxylic acids is 2. The Hall–Kier alpha value is -2.04. The highest BCUT2D eigenvalue weighted by atomic mass is 16.4. The minimum absolute atomic E-state index is 0.176. The van der Waals surface area contributed by atoms with Crippen molar-refractivity contribution in [2.75, 3.05) is 0 Å². The Kier molecular flexibility index (Phi) is 6.03. The van der Waals surface area contributed by atoms with E-state index in [1.54, 1.807) is 6.92 Å². The summed E-state index contributed by atoms with van der Waals surface area (Å²) in [5.41, 5.74) is 2.10. The molecule has 0 bridgehead atoms. The average molecular weight is 277 g/mol. The van der Waals surface area contributed by atoms with E-state index in [1.807, 2.05) is 38.1 Å². The van der Waals surface area contributed by atoms with Gasteiger partial charge in [0.15, 0.2) is 0 Å². The molecule has 1 rings (SSSR count). The van der Waals surface area contributed by atoms with Crippen LogP contribution >= 0.6 is 0 Å². The van der Waals surface area contributed by atoms with Crippen LogP contribution in [0.3, 0.4) is 0 Å². The number of aliphatic carboxylic acids is 1. The topological polar surface area (TPSA) is 81.3 Å². The van der Waals surface area contributed by atoms with Gasteiger partial charge in [-0.15, -0.1) is 0 Å². The van der Waals surface area contributed by atoms with Gasteiger partial charge in [0.2, 0.25) is 0 Å². The zero-order chi connectivity index (χ0) is 15.1. The van der Waals surface area contributed by atoms with Crippen LogP contribution in [0.15, 0.2) is 24.3 Å². The molecule has 0 fully saturated rings. The van der Waals surface area contributed by atoms with Crippen LogP contribution in [-0.4, -0.2) is 18.0 Å². The summed E-state index contributed by atoms with van der Waals surface area (Å²) in [5, 5.41) is 16.1. The van der Waals surface area contributed by atoms with Crippen molar-refractivity contribution in [1.29, 1.82) is 0 Å². The molecule has 0 saturated carbocycles. The van der Waals surface area contributed by atoms with Gasteiger partial charge in [0.1, 0.15) is 0 Å². The minimum atomic E-state index is -1.26. The maximum Gasteiger partial charge on any atom is 0.315 e. The van der Waals surface area contributed by atoms with Gasteiger partial charge in [-0.05, 0) is 18.4 Å². The number of rotatable bonds is 6. The van der Waals surface area contributed by atoms with Gasteiger partial charge in [0, 0.05) is 6.54 Å². The third kappa shape index (κ3) is 4.91. The third-order valence-corrected chi connectivity index (χ3v) is 3.33. The summed E-state index contributed by atoms with van der Waals surface area (Å²) in [6, 6.07) is 6.27. The zero-order valence-corrected chi connectivity index (χ0v) is 12.1. The summed E-state index contributed by atoms with van der Waals surface area (Å²) in [5.74, 6) is -1.44. The maximum atomic E-state index is 11.7. The van der Waals surface area contributed by atoms with Crippen LogP contribution in [0.25, 0.3) is 0 Å². The molecule has 0 spiro atoms. The second kappa shape index (κ2) is 7.53. The van der Waals surface area contributed by atoms with Gasteiger partial charge in [-0.25, -0.2) is 4.79 Å². The first-order chi connectivity index (χ1) is 9.43. The molecule has 0 aliphatic heterocycles. The Labute approximate surface area is 119 Å². The Morgan fingerprint density at radius 3 is 2.35 bits per heavy atom. The van der Waals surface area contributed by atoms with Gasteiger partial charge in [-0.2, -0.15) is 0 Å². The van der Waals surface area contributed by atoms with Crippen LogP contribution in [-0.2, 0) is 11.3 Å². The molecule has 0 unspecified atom stereocenters. The molecule has 0 radical (unpaired) electrons. The SMILES string of the molecule is CC[C@@H](C)[C@H](NC(=O)NCc1ccc(C)cc1)C(=O)[O-]. The average Bonchev–Trinajstić information content (AvgIpc) is 2.43. The lowest BCUT2D eigenvalue weighted by molar-refractivity contribution is -0.309. The molecule has 0 aliphatic rings. The number of amides is 2. The van der Waals surface area contributed by atoms with Crippen molar-refractivity contribution in [3.8, 4) is 0 Å². The van der Waals surface area contributed by atoms with E-state index in [1.165, 1.54) is 0 Å². The van der Waals surface area contributed by atoms with Crippen molar-refractivity contribution >= 4 is 12.0 Å². The normalized spacial score (nSPS) is 13.3. The fraction of sp³-hybridized carbons (Fsp3) is 0.467. The highest BCUT2D eigenvalue weighted by Crippen LogP contribution is 2.07. The van der Waals surface area contributed by atoms with E-state index in [2.05, 4.69) is 10.6 Å². The third-order valence-electron chi connectivity index (χ3n) is 3.33. The van der Waals surface area contributed by atoms with E-state index >= 15 is 0 Å². The summed E-state index contributed by atoms with van der Waals surface area (Å²) in [6.07, 6.45) is 0.650. The smallest absolute Gasteiger partial charge is 0.315 e. The van der Waals surface area contributed by atoms with Gasteiger partial charge >= 0.3 is 6.03 Å². The van der Waals surface area contributed by atoms with Crippen molar-refractivity contribution in [1.82, 2.24) is 10.6 Å². The zero-order valence-electron chi connectivity index (χ0n) is 12.1. The van der Waals surface area contributed by atoms with Gasteiger partial charge in [-0.1, -0.05) is 50.1 Å². The number of carbonyl (C=O) groups is 2. The first-order valence-electron chi connectivity index (χ1n) is 6.74. The van der Waals surface area contributed by atoms with E-state index < -0.39 is 18.0 Å². The number of aryl methyl sites for hydroxylation is 1. The van der Waals surface area contributed by atoms with Crippen LogP contribution in [0, 0.1) is 12.8 Å². The molecule has 0 heterocycles. The van der Waals surface area contributed by atoms with Crippen molar-refractivity contribution in [3.63, 3.8) is 0 Å². The lowest BCUT2D eigenvalue weighted by atomic mass is 9.99. The van der Waals surface area contributed by atoms with Crippen molar-refractivity contribution in [3.05, 3.63) is 35.4 Å². The highest BCUT2D eigenvalue weighted by Gasteiger charge is 2.19. The molecule has 2 N–H and O–H groups in total. The van der Waals surface area contributed by atoms with Crippen LogP contribution in [0.5, 0.6) is 0 Å². The summed E-state index contributed by atoms with van der Waals surface area (Å²) < 4.78 is 0. The first kappa shape index (κ1) is 16.0. The maximum absolute atomic E-state index is 11.7. The van der Waals surface area contributed by atoms with Crippen molar-refractivity contribution in [2.24, 2.45) is 5.92 Å². The van der Waals surface area contributed by atoms with Crippen LogP contribution < -0.4 is 15.7 Å². The summed E-state index contributed by atoms with van der Waals surface area (Å²) in [6.45, 7) is 5.97. The molecule has 1 aromatic rings. The molecule has 2 amide bonds. The van der Waals surface area contributed by atoms with Crippen molar-refractivity contribution < 1.29 is 14.7 Å². The predicted molar refractivity (Wildman–Crippen MR) is 74.8 cm³/mol. The number of carboxylic acids is 1.